The van der Waals surface area contributed by atoms with Crippen LogP contribution in [0.25, 0.3) is 4.91 Å². The smallest absolute Gasteiger partial charge is 0.396 e. The van der Waals surface area contributed by atoms with Crippen molar-refractivity contribution in [3.63, 3.8) is 0 Å². The Kier molecular flexibility index (Phi) is 5.15. The first kappa shape index (κ1) is 18.3. The Morgan fingerprint density at radius 3 is 2.92 bits per heavy atom. The number of piperidine rings is 1. The number of aliphatic hydroxyl groups is 1. The van der Waals surface area contributed by atoms with Crippen LogP contribution in [0.15, 0.2) is 10.6 Å². The molecule has 25 heavy (non-hydrogen) atoms. The number of aromatic nitrogens is 1. The summed E-state index contributed by atoms with van der Waals surface area (Å²) in [4.78, 5) is 14.9. The number of aliphatic hydroxyl groups excluding tert-OH is 1. The second-order valence-corrected chi connectivity index (χ2v) is 7.61. The van der Waals surface area contributed by atoms with Gasteiger partial charge in [-0.3, -0.25) is 4.79 Å². The van der Waals surface area contributed by atoms with Gasteiger partial charge >= 0.3 is 6.18 Å². The highest BCUT2D eigenvalue weighted by molar-refractivity contribution is 8.09. The second kappa shape index (κ2) is 7.03. The molecule has 3 rings (SSSR count). The number of likely N-dealkylation sites (tertiary alicyclic amines) is 1. The molecular weight excluding hydrogens is 357 g/mol. The highest BCUT2D eigenvalue weighted by Crippen LogP contribution is 2.43. The predicted molar refractivity (Wildman–Crippen MR) is 86.6 cm³/mol. The van der Waals surface area contributed by atoms with E-state index >= 15 is 0 Å². The first-order valence-corrected chi connectivity index (χ1v) is 8.99. The molecule has 2 unspecified atom stereocenters. The van der Waals surface area contributed by atoms with Crippen LogP contribution in [0.1, 0.15) is 36.3 Å². The SMILES string of the molecule is Cc1c(C2=CCC(C(=O)N3CCCC(CO)C3)S2)noc1C(F)(F)F. The van der Waals surface area contributed by atoms with E-state index in [0.29, 0.717) is 24.4 Å². The number of carbonyl (C=O) groups excluding carboxylic acids is 1. The van der Waals surface area contributed by atoms with E-state index in [1.54, 1.807) is 11.0 Å². The monoisotopic (exact) mass is 376 g/mol. The van der Waals surface area contributed by atoms with E-state index in [9.17, 15) is 23.1 Å². The Labute approximate surface area is 147 Å². The first-order valence-electron chi connectivity index (χ1n) is 8.11. The molecule has 1 aromatic heterocycles. The topological polar surface area (TPSA) is 66.6 Å². The molecule has 0 saturated carbocycles. The Hall–Kier alpha value is -1.48. The molecule has 1 saturated heterocycles. The minimum absolute atomic E-state index is 0.0356. The van der Waals surface area contributed by atoms with Gasteiger partial charge in [0.2, 0.25) is 11.7 Å². The van der Waals surface area contributed by atoms with E-state index in [0.717, 1.165) is 12.8 Å². The van der Waals surface area contributed by atoms with Crippen molar-refractivity contribution in [1.82, 2.24) is 10.1 Å². The third kappa shape index (κ3) is 3.72. The number of thioether (sulfide) groups is 1. The number of amides is 1. The number of rotatable bonds is 3. The van der Waals surface area contributed by atoms with Gasteiger partial charge in [0.1, 0.15) is 5.69 Å². The zero-order valence-electron chi connectivity index (χ0n) is 13.7. The maximum absolute atomic E-state index is 12.8. The van der Waals surface area contributed by atoms with Crippen molar-refractivity contribution in [2.75, 3.05) is 19.7 Å². The Morgan fingerprint density at radius 2 is 2.28 bits per heavy atom. The van der Waals surface area contributed by atoms with E-state index in [4.69, 9.17) is 0 Å². The summed E-state index contributed by atoms with van der Waals surface area (Å²) in [6, 6.07) is 0. The Morgan fingerprint density at radius 1 is 1.52 bits per heavy atom. The van der Waals surface area contributed by atoms with Crippen LogP contribution >= 0.6 is 11.8 Å². The summed E-state index contributed by atoms with van der Waals surface area (Å²) in [5.74, 6) is -1.03. The zero-order chi connectivity index (χ0) is 18.2. The lowest BCUT2D eigenvalue weighted by molar-refractivity contribution is -0.156. The second-order valence-electron chi connectivity index (χ2n) is 6.37. The van der Waals surface area contributed by atoms with Crippen LogP contribution in [-0.4, -0.2) is 46.0 Å². The summed E-state index contributed by atoms with van der Waals surface area (Å²) in [6.45, 7) is 2.57. The molecule has 138 valence electrons. The fourth-order valence-electron chi connectivity index (χ4n) is 3.22. The van der Waals surface area contributed by atoms with Crippen molar-refractivity contribution < 1.29 is 27.6 Å². The zero-order valence-corrected chi connectivity index (χ0v) is 14.5. The van der Waals surface area contributed by atoms with Gasteiger partial charge in [0.15, 0.2) is 0 Å². The van der Waals surface area contributed by atoms with Crippen LogP contribution in [0.5, 0.6) is 0 Å². The largest absolute Gasteiger partial charge is 0.452 e. The average molecular weight is 376 g/mol. The third-order valence-corrected chi connectivity index (χ3v) is 5.86. The van der Waals surface area contributed by atoms with Crippen molar-refractivity contribution in [1.29, 1.82) is 0 Å². The molecule has 1 fully saturated rings. The van der Waals surface area contributed by atoms with E-state index in [1.165, 1.54) is 18.7 Å². The van der Waals surface area contributed by atoms with Crippen LogP contribution in [-0.2, 0) is 11.0 Å². The minimum atomic E-state index is -4.58. The van der Waals surface area contributed by atoms with Gasteiger partial charge in [-0.05, 0) is 32.1 Å². The van der Waals surface area contributed by atoms with E-state index in [2.05, 4.69) is 9.68 Å². The van der Waals surface area contributed by atoms with Gasteiger partial charge in [-0.1, -0.05) is 11.2 Å². The number of halogens is 3. The molecule has 0 radical (unpaired) electrons. The number of hydrogen-bond acceptors (Lipinski definition) is 5. The molecule has 0 aliphatic carbocycles. The molecule has 9 heteroatoms. The van der Waals surface area contributed by atoms with Crippen LogP contribution in [0.4, 0.5) is 13.2 Å². The summed E-state index contributed by atoms with van der Waals surface area (Å²) in [5.41, 5.74) is 0.0946. The van der Waals surface area contributed by atoms with Crippen LogP contribution in [0.3, 0.4) is 0 Å². The molecule has 2 aliphatic rings. The van der Waals surface area contributed by atoms with Crippen molar-refractivity contribution >= 4 is 22.6 Å². The summed E-state index contributed by atoms with van der Waals surface area (Å²) >= 11 is 1.23. The van der Waals surface area contributed by atoms with Crippen LogP contribution < -0.4 is 0 Å². The van der Waals surface area contributed by atoms with Gasteiger partial charge in [0, 0.05) is 30.2 Å². The van der Waals surface area contributed by atoms with Crippen molar-refractivity contribution in [2.24, 2.45) is 5.92 Å². The highest BCUT2D eigenvalue weighted by Gasteiger charge is 2.40. The lowest BCUT2D eigenvalue weighted by Crippen LogP contribution is -2.44. The Bertz CT molecular complexity index is 687. The molecule has 1 aromatic rings. The number of hydrogen-bond donors (Lipinski definition) is 1. The summed E-state index contributed by atoms with van der Waals surface area (Å²) in [6.07, 6.45) is -0.633. The fourth-order valence-corrected chi connectivity index (χ4v) is 4.46. The van der Waals surface area contributed by atoms with Crippen LogP contribution in [0, 0.1) is 12.8 Å². The van der Waals surface area contributed by atoms with E-state index in [-0.39, 0.29) is 34.9 Å². The van der Waals surface area contributed by atoms with Crippen molar-refractivity contribution in [3.05, 3.63) is 23.1 Å². The predicted octanol–water partition coefficient (Wildman–Crippen LogP) is 3.08. The molecule has 1 N–H and O–H groups in total. The van der Waals surface area contributed by atoms with Crippen molar-refractivity contribution in [3.8, 4) is 0 Å². The maximum atomic E-state index is 12.8. The van der Waals surface area contributed by atoms with Gasteiger partial charge < -0.3 is 14.5 Å². The van der Waals surface area contributed by atoms with Gasteiger partial charge in [-0.15, -0.1) is 11.8 Å². The molecule has 1 amide bonds. The average Bonchev–Trinajstić information content (AvgIpc) is 3.20. The number of alkyl halides is 3. The van der Waals surface area contributed by atoms with Gasteiger partial charge in [0.25, 0.3) is 0 Å². The van der Waals surface area contributed by atoms with Gasteiger partial charge in [0.05, 0.1) is 5.25 Å². The number of allylic oxidation sites excluding steroid dienone is 1. The lowest BCUT2D eigenvalue weighted by atomic mass is 9.98. The summed E-state index contributed by atoms with van der Waals surface area (Å²) in [7, 11) is 0. The lowest BCUT2D eigenvalue weighted by Gasteiger charge is -2.33. The highest BCUT2D eigenvalue weighted by atomic mass is 32.2. The third-order valence-electron chi connectivity index (χ3n) is 4.57. The van der Waals surface area contributed by atoms with Crippen molar-refractivity contribution in [2.45, 2.75) is 37.6 Å². The molecule has 2 aliphatic heterocycles. The van der Waals surface area contributed by atoms with E-state index < -0.39 is 11.9 Å². The maximum Gasteiger partial charge on any atom is 0.452 e. The van der Waals surface area contributed by atoms with E-state index in [1.807, 2.05) is 0 Å². The molecular formula is C16H19F3N2O3S. The molecule has 0 spiro atoms. The number of nitrogens with zero attached hydrogens (tertiary/aromatic N) is 2. The molecule has 0 aromatic carbocycles. The molecule has 3 heterocycles. The standard InChI is InChI=1S/C16H19F3N2O3S/c1-9-13(20-24-14(9)16(17,18)19)11-4-5-12(25-11)15(23)21-6-2-3-10(7-21)8-22/h4,10,12,22H,2-3,5-8H2,1H3. The van der Waals surface area contributed by atoms with Gasteiger partial charge in [-0.25, -0.2) is 0 Å². The Balaban J connectivity index is 1.67. The summed E-state index contributed by atoms with van der Waals surface area (Å²) in [5, 5.41) is 12.5. The normalized spacial score (nSPS) is 24.5. The minimum Gasteiger partial charge on any atom is -0.396 e. The molecule has 2 atom stereocenters. The molecule has 0 bridgehead atoms. The summed E-state index contributed by atoms with van der Waals surface area (Å²) < 4.78 is 42.9. The fraction of sp³-hybridized carbons (Fsp3) is 0.625. The number of carbonyl (C=O) groups is 1. The first-order chi connectivity index (χ1) is 11.8. The quantitative estimate of drug-likeness (QED) is 0.878. The molecule has 5 nitrogen and oxygen atoms in total. The van der Waals surface area contributed by atoms with Crippen LogP contribution in [0.2, 0.25) is 0 Å². The van der Waals surface area contributed by atoms with Gasteiger partial charge in [-0.2, -0.15) is 13.2 Å².